The average molecular weight is 403 g/mol. The van der Waals surface area contributed by atoms with Crippen LogP contribution in [0.1, 0.15) is 9.67 Å². The molecular formula is C19H17NO5S2. The largest absolute Gasteiger partial charge is 0.465 e. The minimum atomic E-state index is -3.52. The molecule has 0 saturated heterocycles. The van der Waals surface area contributed by atoms with Crippen molar-refractivity contribution in [1.82, 2.24) is 0 Å². The molecule has 0 saturated carbocycles. The second-order valence-electron chi connectivity index (χ2n) is 5.56. The van der Waals surface area contributed by atoms with E-state index in [1.54, 1.807) is 60.0 Å². The fourth-order valence-corrected chi connectivity index (χ4v) is 4.23. The minimum absolute atomic E-state index is 0.364. The number of rotatable bonds is 6. The number of sulfonamides is 1. The molecule has 0 aliphatic heterocycles. The minimum Gasteiger partial charge on any atom is -0.465 e. The molecule has 2 aromatic carbocycles. The van der Waals surface area contributed by atoms with Crippen LogP contribution in [0.15, 0.2) is 66.0 Å². The zero-order chi connectivity index (χ0) is 19.4. The Morgan fingerprint density at radius 1 is 0.963 bits per heavy atom. The SMILES string of the molecule is COC(=O)c1sccc1Oc1ccc(N(c2ccccc2)S(C)(=O)=O)cc1. The number of ether oxygens (including phenoxy) is 2. The van der Waals surface area contributed by atoms with Crippen molar-refractivity contribution in [3.63, 3.8) is 0 Å². The number of hydrogen-bond donors (Lipinski definition) is 0. The number of carbonyl (C=O) groups excluding carboxylic acids is 1. The number of benzene rings is 2. The summed E-state index contributed by atoms with van der Waals surface area (Å²) in [6.45, 7) is 0. The maximum absolute atomic E-state index is 12.3. The lowest BCUT2D eigenvalue weighted by atomic mass is 10.2. The molecule has 0 N–H and O–H groups in total. The number of anilines is 2. The van der Waals surface area contributed by atoms with Crippen LogP contribution in [0.25, 0.3) is 0 Å². The molecule has 140 valence electrons. The van der Waals surface area contributed by atoms with Crippen LogP contribution in [0.4, 0.5) is 11.4 Å². The van der Waals surface area contributed by atoms with Crippen molar-refractivity contribution < 1.29 is 22.7 Å². The highest BCUT2D eigenvalue weighted by Gasteiger charge is 2.20. The first kappa shape index (κ1) is 18.9. The van der Waals surface area contributed by atoms with E-state index in [0.29, 0.717) is 27.8 Å². The predicted molar refractivity (Wildman–Crippen MR) is 106 cm³/mol. The molecule has 0 atom stereocenters. The molecular weight excluding hydrogens is 386 g/mol. The number of methoxy groups -OCH3 is 1. The van der Waals surface area contributed by atoms with Gasteiger partial charge in [-0.05, 0) is 47.8 Å². The standard InChI is InChI=1S/C19H17NO5S2/c1-24-19(21)18-17(12-13-26-18)25-16-10-8-15(9-11-16)20(27(2,22)23)14-6-4-3-5-7-14/h3-13H,1-2H3. The molecule has 0 unspecified atom stereocenters. The summed E-state index contributed by atoms with van der Waals surface area (Å²) in [5.41, 5.74) is 1.02. The molecule has 0 radical (unpaired) electrons. The van der Waals surface area contributed by atoms with Crippen LogP contribution >= 0.6 is 11.3 Å². The van der Waals surface area contributed by atoms with Crippen LogP contribution in [0, 0.1) is 0 Å². The van der Waals surface area contributed by atoms with Crippen molar-refractivity contribution in [2.45, 2.75) is 0 Å². The van der Waals surface area contributed by atoms with Gasteiger partial charge in [-0.2, -0.15) is 0 Å². The van der Waals surface area contributed by atoms with E-state index in [1.807, 2.05) is 6.07 Å². The van der Waals surface area contributed by atoms with Crippen LogP contribution in [-0.4, -0.2) is 27.8 Å². The van der Waals surface area contributed by atoms with Gasteiger partial charge in [0.15, 0.2) is 10.6 Å². The Morgan fingerprint density at radius 2 is 1.59 bits per heavy atom. The fourth-order valence-electron chi connectivity index (χ4n) is 2.49. The summed E-state index contributed by atoms with van der Waals surface area (Å²) >= 11 is 1.22. The zero-order valence-corrected chi connectivity index (χ0v) is 16.3. The quantitative estimate of drug-likeness (QED) is 0.570. The number of hydrogen-bond acceptors (Lipinski definition) is 6. The molecule has 0 fully saturated rings. The van der Waals surface area contributed by atoms with Gasteiger partial charge in [0.05, 0.1) is 24.7 Å². The van der Waals surface area contributed by atoms with Crippen molar-refractivity contribution in [3.05, 3.63) is 70.9 Å². The van der Waals surface area contributed by atoms with Gasteiger partial charge in [-0.15, -0.1) is 11.3 Å². The van der Waals surface area contributed by atoms with Crippen molar-refractivity contribution in [2.75, 3.05) is 17.7 Å². The van der Waals surface area contributed by atoms with Crippen LogP contribution in [0.5, 0.6) is 11.5 Å². The first-order valence-corrected chi connectivity index (χ1v) is 10.6. The van der Waals surface area contributed by atoms with E-state index in [4.69, 9.17) is 9.47 Å². The number of thiophene rings is 1. The van der Waals surface area contributed by atoms with E-state index >= 15 is 0 Å². The van der Waals surface area contributed by atoms with E-state index in [1.165, 1.54) is 22.8 Å². The molecule has 3 rings (SSSR count). The summed E-state index contributed by atoms with van der Waals surface area (Å²) in [5.74, 6) is 0.399. The van der Waals surface area contributed by atoms with Crippen molar-refractivity contribution in [1.29, 1.82) is 0 Å². The Labute approximate surface area is 161 Å². The zero-order valence-electron chi connectivity index (χ0n) is 14.7. The summed E-state index contributed by atoms with van der Waals surface area (Å²) in [6.07, 6.45) is 1.15. The van der Waals surface area contributed by atoms with Gasteiger partial charge >= 0.3 is 5.97 Å². The fraction of sp³-hybridized carbons (Fsp3) is 0.105. The number of esters is 1. The molecule has 0 aliphatic rings. The summed E-state index contributed by atoms with van der Waals surface area (Å²) < 4.78 is 36.3. The normalized spacial score (nSPS) is 11.0. The lowest BCUT2D eigenvalue weighted by Crippen LogP contribution is -2.24. The third kappa shape index (κ3) is 4.29. The van der Waals surface area contributed by atoms with E-state index in [0.717, 1.165) is 6.26 Å². The van der Waals surface area contributed by atoms with Gasteiger partial charge in [0.2, 0.25) is 10.0 Å². The second kappa shape index (κ2) is 7.81. The predicted octanol–water partition coefficient (Wildman–Crippen LogP) is 4.42. The summed E-state index contributed by atoms with van der Waals surface area (Å²) in [5, 5.41) is 1.73. The molecule has 27 heavy (non-hydrogen) atoms. The lowest BCUT2D eigenvalue weighted by Gasteiger charge is -2.22. The van der Waals surface area contributed by atoms with Crippen LogP contribution in [0.3, 0.4) is 0 Å². The first-order valence-electron chi connectivity index (χ1n) is 7.89. The summed E-state index contributed by atoms with van der Waals surface area (Å²) in [7, 11) is -2.21. The molecule has 8 heteroatoms. The smallest absolute Gasteiger partial charge is 0.351 e. The molecule has 6 nitrogen and oxygen atoms in total. The molecule has 0 bridgehead atoms. The average Bonchev–Trinajstić information content (AvgIpc) is 3.10. The molecule has 0 spiro atoms. The lowest BCUT2D eigenvalue weighted by molar-refractivity contribution is 0.0604. The topological polar surface area (TPSA) is 72.9 Å². The summed E-state index contributed by atoms with van der Waals surface area (Å²) in [4.78, 5) is 12.1. The Morgan fingerprint density at radius 3 is 2.19 bits per heavy atom. The first-order chi connectivity index (χ1) is 12.9. The second-order valence-corrected chi connectivity index (χ2v) is 8.31. The molecule has 3 aromatic rings. The monoisotopic (exact) mass is 403 g/mol. The Kier molecular flexibility index (Phi) is 5.48. The molecule has 0 aliphatic carbocycles. The molecule has 1 heterocycles. The van der Waals surface area contributed by atoms with E-state index < -0.39 is 16.0 Å². The highest BCUT2D eigenvalue weighted by molar-refractivity contribution is 7.92. The van der Waals surface area contributed by atoms with Gasteiger partial charge in [0.1, 0.15) is 5.75 Å². The van der Waals surface area contributed by atoms with Gasteiger partial charge in [-0.3, -0.25) is 0 Å². The maximum atomic E-state index is 12.3. The third-order valence-electron chi connectivity index (χ3n) is 3.62. The van der Waals surface area contributed by atoms with Crippen LogP contribution in [-0.2, 0) is 14.8 Å². The third-order valence-corrected chi connectivity index (χ3v) is 5.58. The Bertz CT molecular complexity index is 1030. The van der Waals surface area contributed by atoms with E-state index in [2.05, 4.69) is 0 Å². The Hall–Kier alpha value is -2.84. The van der Waals surface area contributed by atoms with E-state index in [-0.39, 0.29) is 0 Å². The van der Waals surface area contributed by atoms with Crippen molar-refractivity contribution in [2.24, 2.45) is 0 Å². The number of carbonyl (C=O) groups is 1. The van der Waals surface area contributed by atoms with Gasteiger partial charge in [0.25, 0.3) is 0 Å². The van der Waals surface area contributed by atoms with E-state index in [9.17, 15) is 13.2 Å². The number of para-hydroxylation sites is 1. The van der Waals surface area contributed by atoms with Gasteiger partial charge in [-0.1, -0.05) is 18.2 Å². The van der Waals surface area contributed by atoms with Gasteiger partial charge < -0.3 is 9.47 Å². The van der Waals surface area contributed by atoms with Crippen LogP contribution < -0.4 is 9.04 Å². The highest BCUT2D eigenvalue weighted by Crippen LogP contribution is 2.33. The van der Waals surface area contributed by atoms with Gasteiger partial charge in [-0.25, -0.2) is 17.5 Å². The summed E-state index contributed by atoms with van der Waals surface area (Å²) in [6, 6.07) is 17.1. The number of nitrogens with zero attached hydrogens (tertiary/aromatic N) is 1. The van der Waals surface area contributed by atoms with Gasteiger partial charge in [0, 0.05) is 0 Å². The van der Waals surface area contributed by atoms with Crippen molar-refractivity contribution in [3.8, 4) is 11.5 Å². The Balaban J connectivity index is 1.88. The molecule has 1 aromatic heterocycles. The highest BCUT2D eigenvalue weighted by atomic mass is 32.2. The van der Waals surface area contributed by atoms with Crippen molar-refractivity contribution >= 4 is 38.7 Å². The maximum Gasteiger partial charge on any atom is 0.351 e. The van der Waals surface area contributed by atoms with Crippen LogP contribution in [0.2, 0.25) is 0 Å². The molecule has 0 amide bonds.